The molecule has 0 aliphatic heterocycles. The number of nitrogens with one attached hydrogen (secondary N) is 3. The van der Waals surface area contributed by atoms with E-state index in [-0.39, 0.29) is 29.8 Å². The normalized spacial score (nSPS) is 10.0. The van der Waals surface area contributed by atoms with Crippen LogP contribution in [0.3, 0.4) is 0 Å². The molecule has 8 heteroatoms. The highest BCUT2D eigenvalue weighted by molar-refractivity contribution is 7.80. The Labute approximate surface area is 181 Å². The van der Waals surface area contributed by atoms with E-state index in [0.29, 0.717) is 18.0 Å². The van der Waals surface area contributed by atoms with Crippen molar-refractivity contribution in [1.82, 2.24) is 5.32 Å². The van der Waals surface area contributed by atoms with E-state index in [4.69, 9.17) is 17.0 Å². The van der Waals surface area contributed by atoms with Gasteiger partial charge in [0.2, 0.25) is 11.8 Å². The molecule has 7 nitrogen and oxygen atoms in total. The van der Waals surface area contributed by atoms with Crippen molar-refractivity contribution in [3.8, 4) is 0 Å². The van der Waals surface area contributed by atoms with Crippen LogP contribution in [0.5, 0.6) is 0 Å². The molecule has 30 heavy (non-hydrogen) atoms. The van der Waals surface area contributed by atoms with Gasteiger partial charge in [0, 0.05) is 24.7 Å². The molecule has 0 fully saturated rings. The maximum absolute atomic E-state index is 12.0. The topological polar surface area (TPSA) is 96.5 Å². The van der Waals surface area contributed by atoms with Crippen LogP contribution in [0.25, 0.3) is 0 Å². The van der Waals surface area contributed by atoms with E-state index in [1.54, 1.807) is 24.3 Å². The molecule has 0 atom stereocenters. The zero-order valence-electron chi connectivity index (χ0n) is 16.8. The second-order valence-corrected chi connectivity index (χ2v) is 6.98. The fraction of sp³-hybridized carbons (Fsp3) is 0.273. The summed E-state index contributed by atoms with van der Waals surface area (Å²) in [4.78, 5) is 34.9. The van der Waals surface area contributed by atoms with Gasteiger partial charge in [-0.2, -0.15) is 0 Å². The third-order valence-corrected chi connectivity index (χ3v) is 4.17. The molecular formula is C22H25N3O4S. The zero-order valence-corrected chi connectivity index (χ0v) is 17.6. The standard InChI is InChI=1S/C22H25N3O4S/c1-16(26)23-18-10-5-11-19(15-18)24-22(30)25-20(27)12-13-21(28)29-14-6-9-17-7-3-2-4-8-17/h2-5,7-8,10-11,15H,6,9,12-14H2,1H3,(H,23,26)(H2,24,25,27,30). The molecule has 0 aromatic heterocycles. The number of rotatable bonds is 9. The molecule has 0 heterocycles. The van der Waals surface area contributed by atoms with Crippen LogP contribution >= 0.6 is 12.2 Å². The Bertz CT molecular complexity index is 887. The second-order valence-electron chi connectivity index (χ2n) is 6.57. The molecule has 2 aromatic rings. The van der Waals surface area contributed by atoms with Gasteiger partial charge in [-0.05, 0) is 48.8 Å². The molecule has 158 valence electrons. The molecule has 0 spiro atoms. The van der Waals surface area contributed by atoms with Crippen LogP contribution < -0.4 is 16.0 Å². The number of benzene rings is 2. The summed E-state index contributed by atoms with van der Waals surface area (Å²) in [5, 5.41) is 8.15. The first kappa shape index (κ1) is 23.0. The summed E-state index contributed by atoms with van der Waals surface area (Å²) in [6.07, 6.45) is 1.52. The van der Waals surface area contributed by atoms with E-state index in [0.717, 1.165) is 12.8 Å². The van der Waals surface area contributed by atoms with Gasteiger partial charge in [0.05, 0.1) is 13.0 Å². The molecule has 3 N–H and O–H groups in total. The smallest absolute Gasteiger partial charge is 0.306 e. The lowest BCUT2D eigenvalue weighted by Gasteiger charge is -2.11. The molecular weight excluding hydrogens is 402 g/mol. The third kappa shape index (κ3) is 9.29. The van der Waals surface area contributed by atoms with Gasteiger partial charge in [-0.15, -0.1) is 0 Å². The number of aryl methyl sites for hydroxylation is 1. The van der Waals surface area contributed by atoms with Gasteiger partial charge in [-0.25, -0.2) is 0 Å². The van der Waals surface area contributed by atoms with Crippen LogP contribution in [0.2, 0.25) is 0 Å². The fourth-order valence-electron chi connectivity index (χ4n) is 2.62. The molecule has 0 radical (unpaired) electrons. The highest BCUT2D eigenvalue weighted by atomic mass is 32.1. The zero-order chi connectivity index (χ0) is 21.8. The van der Waals surface area contributed by atoms with Crippen molar-refractivity contribution in [2.45, 2.75) is 32.6 Å². The van der Waals surface area contributed by atoms with E-state index >= 15 is 0 Å². The van der Waals surface area contributed by atoms with Crippen LogP contribution in [-0.2, 0) is 25.5 Å². The summed E-state index contributed by atoms with van der Waals surface area (Å²) in [5.41, 5.74) is 2.41. The molecule has 2 rings (SSSR count). The first-order valence-electron chi connectivity index (χ1n) is 9.60. The number of hydrogen-bond acceptors (Lipinski definition) is 5. The van der Waals surface area contributed by atoms with Gasteiger partial charge in [0.25, 0.3) is 0 Å². The number of esters is 1. The Morgan fingerprint density at radius 1 is 0.933 bits per heavy atom. The highest BCUT2D eigenvalue weighted by Gasteiger charge is 2.10. The van der Waals surface area contributed by atoms with E-state index in [9.17, 15) is 14.4 Å². The second kappa shape index (κ2) is 12.3. The summed E-state index contributed by atoms with van der Waals surface area (Å²) in [6.45, 7) is 1.74. The SMILES string of the molecule is CC(=O)Nc1cccc(NC(=S)NC(=O)CCC(=O)OCCCc2ccccc2)c1. The Balaban J connectivity index is 1.63. The predicted molar refractivity (Wildman–Crippen MR) is 120 cm³/mol. The maximum Gasteiger partial charge on any atom is 0.306 e. The predicted octanol–water partition coefficient (Wildman–Crippen LogP) is 3.41. The molecule has 2 aromatic carbocycles. The van der Waals surface area contributed by atoms with Crippen molar-refractivity contribution >= 4 is 46.5 Å². The van der Waals surface area contributed by atoms with Gasteiger partial charge >= 0.3 is 5.97 Å². The number of hydrogen-bond donors (Lipinski definition) is 3. The summed E-state index contributed by atoms with van der Waals surface area (Å²) < 4.78 is 5.16. The van der Waals surface area contributed by atoms with E-state index in [1.165, 1.54) is 12.5 Å². The minimum absolute atomic E-state index is 0.0161. The number of carbonyl (C=O) groups is 3. The minimum Gasteiger partial charge on any atom is -0.466 e. The van der Waals surface area contributed by atoms with Crippen molar-refractivity contribution in [3.05, 3.63) is 60.2 Å². The van der Waals surface area contributed by atoms with E-state index < -0.39 is 5.97 Å². The van der Waals surface area contributed by atoms with Gasteiger partial charge < -0.3 is 20.7 Å². The van der Waals surface area contributed by atoms with Crippen LogP contribution in [-0.4, -0.2) is 29.5 Å². The molecule has 0 saturated heterocycles. The summed E-state index contributed by atoms with van der Waals surface area (Å²) >= 11 is 5.11. The van der Waals surface area contributed by atoms with E-state index in [1.807, 2.05) is 30.3 Å². The highest BCUT2D eigenvalue weighted by Crippen LogP contribution is 2.15. The average Bonchev–Trinajstić information content (AvgIpc) is 2.70. The summed E-state index contributed by atoms with van der Waals surface area (Å²) in [5.74, 6) is -0.984. The fourth-order valence-corrected chi connectivity index (χ4v) is 2.86. The van der Waals surface area contributed by atoms with Crippen molar-refractivity contribution in [3.63, 3.8) is 0 Å². The van der Waals surface area contributed by atoms with Crippen molar-refractivity contribution in [2.24, 2.45) is 0 Å². The lowest BCUT2D eigenvalue weighted by molar-refractivity contribution is -0.145. The summed E-state index contributed by atoms with van der Waals surface area (Å²) in [6, 6.07) is 16.9. The van der Waals surface area contributed by atoms with Crippen molar-refractivity contribution < 1.29 is 19.1 Å². The first-order chi connectivity index (χ1) is 14.4. The third-order valence-electron chi connectivity index (χ3n) is 3.97. The Hall–Kier alpha value is -3.26. The molecule has 0 aliphatic carbocycles. The Morgan fingerprint density at radius 3 is 2.33 bits per heavy atom. The number of amides is 2. The molecule has 0 unspecified atom stereocenters. The first-order valence-corrected chi connectivity index (χ1v) is 10.0. The van der Waals surface area contributed by atoms with Gasteiger partial charge in [-0.3, -0.25) is 14.4 Å². The molecule has 0 aliphatic rings. The Kier molecular flexibility index (Phi) is 9.47. The van der Waals surface area contributed by atoms with Gasteiger partial charge in [0.15, 0.2) is 5.11 Å². The van der Waals surface area contributed by atoms with Crippen LogP contribution in [0.1, 0.15) is 31.7 Å². The molecule has 0 saturated carbocycles. The van der Waals surface area contributed by atoms with Gasteiger partial charge in [0.1, 0.15) is 0 Å². The number of anilines is 2. The molecule has 2 amide bonds. The van der Waals surface area contributed by atoms with Crippen LogP contribution in [0, 0.1) is 0 Å². The largest absolute Gasteiger partial charge is 0.466 e. The average molecular weight is 428 g/mol. The Morgan fingerprint density at radius 2 is 1.63 bits per heavy atom. The van der Waals surface area contributed by atoms with E-state index in [2.05, 4.69) is 16.0 Å². The summed E-state index contributed by atoms with van der Waals surface area (Å²) in [7, 11) is 0. The van der Waals surface area contributed by atoms with Crippen molar-refractivity contribution in [2.75, 3.05) is 17.2 Å². The maximum atomic E-state index is 12.0. The quantitative estimate of drug-likeness (QED) is 0.322. The van der Waals surface area contributed by atoms with Gasteiger partial charge in [-0.1, -0.05) is 36.4 Å². The molecule has 0 bridgehead atoms. The number of carbonyl (C=O) groups excluding carboxylic acids is 3. The monoisotopic (exact) mass is 427 g/mol. The lowest BCUT2D eigenvalue weighted by Crippen LogP contribution is -2.34. The number of thiocarbonyl (C=S) groups is 1. The minimum atomic E-state index is -0.417. The van der Waals surface area contributed by atoms with Crippen molar-refractivity contribution in [1.29, 1.82) is 0 Å². The number of ether oxygens (including phenoxy) is 1. The van der Waals surface area contributed by atoms with Crippen LogP contribution in [0.4, 0.5) is 11.4 Å². The lowest BCUT2D eigenvalue weighted by atomic mass is 10.1. The van der Waals surface area contributed by atoms with Crippen LogP contribution in [0.15, 0.2) is 54.6 Å².